The summed E-state index contributed by atoms with van der Waals surface area (Å²) in [6.45, 7) is 0. The Morgan fingerprint density at radius 3 is 2.00 bits per heavy atom. The number of rotatable bonds is 3. The third-order valence-corrected chi connectivity index (χ3v) is 3.62. The molecule has 0 heterocycles. The second-order valence-electron chi connectivity index (χ2n) is 5.19. The van der Waals surface area contributed by atoms with Gasteiger partial charge >= 0.3 is 7.12 Å². The van der Waals surface area contributed by atoms with Gasteiger partial charge in [-0.1, -0.05) is 6.07 Å². The van der Waals surface area contributed by atoms with Gasteiger partial charge in [-0.25, -0.2) is 26.3 Å². The average molecular weight is 374 g/mol. The number of hydrogen-bond donors (Lipinski definition) is 1. The second kappa shape index (κ2) is 6.52. The Bertz CT molecular complexity index is 1030. The summed E-state index contributed by atoms with van der Waals surface area (Å²) < 4.78 is 99.4. The Morgan fingerprint density at radius 2 is 1.31 bits per heavy atom. The largest absolute Gasteiger partial charge is 0.560 e. The molecule has 0 aliphatic rings. The fourth-order valence-corrected chi connectivity index (χ4v) is 2.40. The van der Waals surface area contributed by atoms with E-state index < -0.39 is 69.8 Å². The highest BCUT2D eigenvalue weighted by Crippen LogP contribution is 2.27. The van der Waals surface area contributed by atoms with E-state index in [0.717, 1.165) is 6.07 Å². The van der Waals surface area contributed by atoms with E-state index >= 15 is 0 Å². The summed E-state index contributed by atoms with van der Waals surface area (Å²) in [6, 6.07) is 2.82. The molecule has 0 saturated heterocycles. The highest BCUT2D eigenvalue weighted by atomic mass is 19.2. The summed E-state index contributed by atoms with van der Waals surface area (Å²) in [4.78, 5) is 0. The van der Waals surface area contributed by atoms with Crippen LogP contribution in [0.15, 0.2) is 30.3 Å². The smallest absolute Gasteiger partial charge is 0.528 e. The fraction of sp³-hybridized carbons (Fsp3) is 0. The number of halogens is 7. The maximum Gasteiger partial charge on any atom is 0.560 e. The molecule has 1 N–H and O–H groups in total. The first-order valence-electron chi connectivity index (χ1n) is 6.96. The highest BCUT2D eigenvalue weighted by Gasteiger charge is 2.29. The summed E-state index contributed by atoms with van der Waals surface area (Å²) in [7, 11) is -2.27. The van der Waals surface area contributed by atoms with E-state index in [1.165, 1.54) is 0 Å². The summed E-state index contributed by atoms with van der Waals surface area (Å²) in [5.74, 6) is -12.6. The van der Waals surface area contributed by atoms with E-state index in [0.29, 0.717) is 24.3 Å². The molecular weight excluding hydrogens is 368 g/mol. The Hall–Kier alpha value is -2.75. The van der Waals surface area contributed by atoms with E-state index in [-0.39, 0.29) is 0 Å². The van der Waals surface area contributed by atoms with E-state index in [4.69, 9.17) is 0 Å². The Morgan fingerprint density at radius 1 is 0.692 bits per heavy atom. The Labute approximate surface area is 141 Å². The van der Waals surface area contributed by atoms with Crippen LogP contribution >= 0.6 is 0 Å². The first-order valence-corrected chi connectivity index (χ1v) is 6.96. The topological polar surface area (TPSA) is 29.5 Å². The third-order valence-electron chi connectivity index (χ3n) is 3.62. The molecule has 0 spiro atoms. The van der Waals surface area contributed by atoms with Crippen molar-refractivity contribution >= 4 is 23.4 Å². The molecule has 134 valence electrons. The van der Waals surface area contributed by atoms with Crippen molar-refractivity contribution in [3.63, 3.8) is 0 Å². The number of benzene rings is 3. The van der Waals surface area contributed by atoms with Gasteiger partial charge in [0.25, 0.3) is 0 Å². The zero-order valence-electron chi connectivity index (χ0n) is 12.5. The SMILES string of the molecule is OB(Oc1c(F)ccc(F)c1F)c1ccc(F)c2c(F)c(F)c(F)cc12. The molecule has 3 aromatic carbocycles. The van der Waals surface area contributed by atoms with Gasteiger partial charge in [0.05, 0.1) is 5.39 Å². The molecule has 0 atom stereocenters. The van der Waals surface area contributed by atoms with Gasteiger partial charge in [0.1, 0.15) is 5.82 Å². The molecule has 3 rings (SSSR count). The average Bonchev–Trinajstić information content (AvgIpc) is 2.60. The molecular formula is C16H6BF7O2. The van der Waals surface area contributed by atoms with Gasteiger partial charge in [0.15, 0.2) is 34.8 Å². The lowest BCUT2D eigenvalue weighted by Crippen LogP contribution is -2.38. The van der Waals surface area contributed by atoms with Crippen molar-refractivity contribution in [2.24, 2.45) is 0 Å². The lowest BCUT2D eigenvalue weighted by Gasteiger charge is -2.14. The van der Waals surface area contributed by atoms with Crippen molar-refractivity contribution in [3.8, 4) is 5.75 Å². The first-order chi connectivity index (χ1) is 12.2. The Kier molecular flexibility index (Phi) is 4.53. The van der Waals surface area contributed by atoms with E-state index in [9.17, 15) is 35.8 Å². The summed E-state index contributed by atoms with van der Waals surface area (Å²) in [5, 5.41) is 8.39. The van der Waals surface area contributed by atoms with Crippen LogP contribution in [0.2, 0.25) is 0 Å². The molecule has 0 bridgehead atoms. The van der Waals surface area contributed by atoms with Crippen LogP contribution in [0.1, 0.15) is 0 Å². The quantitative estimate of drug-likeness (QED) is 0.329. The monoisotopic (exact) mass is 374 g/mol. The minimum absolute atomic E-state index is 0.386. The van der Waals surface area contributed by atoms with Crippen molar-refractivity contribution in [1.29, 1.82) is 0 Å². The minimum atomic E-state index is -2.27. The third kappa shape index (κ3) is 2.86. The van der Waals surface area contributed by atoms with Crippen molar-refractivity contribution in [3.05, 3.63) is 71.1 Å². The predicted octanol–water partition coefficient (Wildman–Crippen LogP) is 3.58. The summed E-state index contributed by atoms with van der Waals surface area (Å²) in [5.41, 5.74) is -0.526. The van der Waals surface area contributed by atoms with Gasteiger partial charge < -0.3 is 9.68 Å². The van der Waals surface area contributed by atoms with Crippen LogP contribution in [0.4, 0.5) is 30.7 Å². The maximum absolute atomic E-state index is 13.8. The van der Waals surface area contributed by atoms with Crippen LogP contribution in [-0.2, 0) is 0 Å². The Balaban J connectivity index is 2.15. The minimum Gasteiger partial charge on any atom is -0.528 e. The van der Waals surface area contributed by atoms with Gasteiger partial charge in [-0.05, 0) is 29.7 Å². The zero-order chi connectivity index (χ0) is 19.2. The van der Waals surface area contributed by atoms with Crippen LogP contribution in [0, 0.1) is 40.7 Å². The molecule has 0 radical (unpaired) electrons. The maximum atomic E-state index is 13.8. The van der Waals surface area contributed by atoms with Crippen LogP contribution in [0.25, 0.3) is 10.8 Å². The zero-order valence-corrected chi connectivity index (χ0v) is 12.5. The molecule has 0 aliphatic heterocycles. The molecule has 3 aromatic rings. The highest BCUT2D eigenvalue weighted by molar-refractivity contribution is 6.63. The lowest BCUT2D eigenvalue weighted by molar-refractivity contribution is 0.378. The van der Waals surface area contributed by atoms with E-state index in [2.05, 4.69) is 4.65 Å². The van der Waals surface area contributed by atoms with Crippen LogP contribution < -0.4 is 10.1 Å². The van der Waals surface area contributed by atoms with Crippen LogP contribution in [0.3, 0.4) is 0 Å². The lowest BCUT2D eigenvalue weighted by atomic mass is 9.76. The molecule has 0 aromatic heterocycles. The molecule has 0 amide bonds. The van der Waals surface area contributed by atoms with E-state index in [1.54, 1.807) is 0 Å². The van der Waals surface area contributed by atoms with Crippen LogP contribution in [0.5, 0.6) is 5.75 Å². The molecule has 26 heavy (non-hydrogen) atoms. The summed E-state index contributed by atoms with van der Waals surface area (Å²) >= 11 is 0. The molecule has 0 aliphatic carbocycles. The molecule has 0 saturated carbocycles. The van der Waals surface area contributed by atoms with Gasteiger partial charge in [-0.15, -0.1) is 0 Å². The van der Waals surface area contributed by atoms with Crippen LogP contribution in [-0.4, -0.2) is 12.1 Å². The molecule has 0 fully saturated rings. The predicted molar refractivity (Wildman–Crippen MR) is 78.3 cm³/mol. The van der Waals surface area contributed by atoms with Gasteiger partial charge in [-0.2, -0.15) is 4.39 Å². The van der Waals surface area contributed by atoms with Gasteiger partial charge in [0.2, 0.25) is 5.82 Å². The standard InChI is InChI=1S/C16H6BF7O2/c18-8-2-1-7(6-5-11(21)13(22)15(24)12(6)8)17(25)26-16-10(20)4-3-9(19)14(16)23/h1-5,25H. The summed E-state index contributed by atoms with van der Waals surface area (Å²) in [6.07, 6.45) is 0. The van der Waals surface area contributed by atoms with Crippen molar-refractivity contribution in [2.75, 3.05) is 0 Å². The van der Waals surface area contributed by atoms with Crippen molar-refractivity contribution in [1.82, 2.24) is 0 Å². The molecule has 2 nitrogen and oxygen atoms in total. The first kappa shape index (κ1) is 18.1. The second-order valence-corrected chi connectivity index (χ2v) is 5.19. The van der Waals surface area contributed by atoms with Crippen molar-refractivity contribution < 1.29 is 40.4 Å². The normalized spacial score (nSPS) is 11.1. The molecule has 0 unspecified atom stereocenters. The number of hydrogen-bond acceptors (Lipinski definition) is 2. The van der Waals surface area contributed by atoms with E-state index in [1.807, 2.05) is 0 Å². The molecule has 10 heteroatoms. The van der Waals surface area contributed by atoms with Crippen molar-refractivity contribution in [2.45, 2.75) is 0 Å². The van der Waals surface area contributed by atoms with Gasteiger partial charge in [-0.3, -0.25) is 0 Å². The van der Waals surface area contributed by atoms with Gasteiger partial charge in [0, 0.05) is 5.46 Å². The fourth-order valence-electron chi connectivity index (χ4n) is 2.40. The number of fused-ring (bicyclic) bond motifs is 1.